The maximum absolute atomic E-state index is 12.2. The third kappa shape index (κ3) is 3.67. The van der Waals surface area contributed by atoms with Gasteiger partial charge < -0.3 is 4.74 Å². The Hall–Kier alpha value is -1.61. The van der Waals surface area contributed by atoms with Gasteiger partial charge in [0.05, 0.1) is 18.4 Å². The van der Waals surface area contributed by atoms with Gasteiger partial charge in [-0.1, -0.05) is 39.4 Å². The van der Waals surface area contributed by atoms with Gasteiger partial charge in [-0.3, -0.25) is 9.69 Å². The highest BCUT2D eigenvalue weighted by Gasteiger charge is 2.23. The molecule has 0 amide bonds. The Morgan fingerprint density at radius 2 is 2.28 bits per heavy atom. The Morgan fingerprint density at radius 1 is 1.40 bits per heavy atom. The van der Waals surface area contributed by atoms with Crippen LogP contribution < -0.4 is 5.56 Å². The lowest BCUT2D eigenvalue weighted by Gasteiger charge is -2.33. The van der Waals surface area contributed by atoms with E-state index in [1.54, 1.807) is 6.07 Å². The number of ether oxygens (including phenoxy) is 1. The van der Waals surface area contributed by atoms with Crippen LogP contribution in [-0.2, 0) is 11.3 Å². The maximum Gasteiger partial charge on any atom is 0.275 e. The summed E-state index contributed by atoms with van der Waals surface area (Å²) < 4.78 is 8.34. The van der Waals surface area contributed by atoms with E-state index < -0.39 is 0 Å². The van der Waals surface area contributed by atoms with Crippen LogP contribution in [0.4, 0.5) is 0 Å². The van der Waals surface area contributed by atoms with E-state index in [0.717, 1.165) is 33.8 Å². The maximum atomic E-state index is 12.2. The van der Waals surface area contributed by atoms with Crippen molar-refractivity contribution in [3.63, 3.8) is 0 Å². The first-order chi connectivity index (χ1) is 12.1. The van der Waals surface area contributed by atoms with Crippen LogP contribution >= 0.6 is 27.3 Å². The predicted molar refractivity (Wildman–Crippen MR) is 100.0 cm³/mol. The van der Waals surface area contributed by atoms with E-state index in [0.29, 0.717) is 18.1 Å². The van der Waals surface area contributed by atoms with E-state index >= 15 is 0 Å². The fourth-order valence-electron chi connectivity index (χ4n) is 3.02. The molecule has 0 aliphatic carbocycles. The largest absolute Gasteiger partial charge is 0.371 e. The molecule has 0 N–H and O–H groups in total. The number of hydrogen-bond donors (Lipinski definition) is 0. The molecular weight excluding hydrogens is 404 g/mol. The van der Waals surface area contributed by atoms with Crippen molar-refractivity contribution in [3.05, 3.63) is 61.4 Å². The molecule has 6 nitrogen and oxygen atoms in total. The third-order valence-corrected chi connectivity index (χ3v) is 5.47. The van der Waals surface area contributed by atoms with E-state index in [9.17, 15) is 4.79 Å². The summed E-state index contributed by atoms with van der Waals surface area (Å²) in [7, 11) is 0. The van der Waals surface area contributed by atoms with E-state index in [1.807, 2.05) is 19.1 Å². The molecule has 130 valence electrons. The van der Waals surface area contributed by atoms with Gasteiger partial charge in [-0.25, -0.2) is 4.98 Å². The lowest BCUT2D eigenvalue weighted by atomic mass is 10.1. The molecule has 8 heteroatoms. The monoisotopic (exact) mass is 420 g/mol. The summed E-state index contributed by atoms with van der Waals surface area (Å²) in [6.45, 7) is 4.78. The van der Waals surface area contributed by atoms with E-state index in [1.165, 1.54) is 15.9 Å². The van der Waals surface area contributed by atoms with Crippen molar-refractivity contribution < 1.29 is 4.74 Å². The molecule has 25 heavy (non-hydrogen) atoms. The normalized spacial score (nSPS) is 18.7. The zero-order valence-electron chi connectivity index (χ0n) is 13.7. The van der Waals surface area contributed by atoms with Crippen LogP contribution in [0.3, 0.4) is 0 Å². The van der Waals surface area contributed by atoms with Crippen LogP contribution in [0.15, 0.2) is 39.6 Å². The molecule has 1 unspecified atom stereocenters. The van der Waals surface area contributed by atoms with Crippen LogP contribution in [0.2, 0.25) is 0 Å². The molecule has 1 aromatic carbocycles. The minimum Gasteiger partial charge on any atom is -0.371 e. The molecule has 0 spiro atoms. The Labute approximate surface area is 157 Å². The quantitative estimate of drug-likeness (QED) is 0.651. The number of aryl methyl sites for hydroxylation is 1. The van der Waals surface area contributed by atoms with Crippen molar-refractivity contribution in [3.8, 4) is 0 Å². The number of benzene rings is 1. The molecule has 4 rings (SSSR count). The molecule has 0 bridgehead atoms. The first-order valence-corrected chi connectivity index (χ1v) is 9.65. The standard InChI is InChI=1S/C17H17BrN4O2S/c1-11-20-22-16(23)8-14(19-17(22)25-11)9-21-5-6-24-15(10-21)12-3-2-4-13(18)7-12/h2-4,7-8,15H,5-6,9-10H2,1H3. The highest BCUT2D eigenvalue weighted by molar-refractivity contribution is 9.10. The molecule has 1 aliphatic heterocycles. The molecule has 0 radical (unpaired) electrons. The van der Waals surface area contributed by atoms with Gasteiger partial charge >= 0.3 is 0 Å². The van der Waals surface area contributed by atoms with Gasteiger partial charge in [0.25, 0.3) is 5.56 Å². The van der Waals surface area contributed by atoms with Crippen molar-refractivity contribution >= 4 is 32.2 Å². The Balaban J connectivity index is 1.53. The average Bonchev–Trinajstić information content (AvgIpc) is 2.96. The first-order valence-electron chi connectivity index (χ1n) is 8.04. The summed E-state index contributed by atoms with van der Waals surface area (Å²) in [5, 5.41) is 5.02. The summed E-state index contributed by atoms with van der Waals surface area (Å²) in [6, 6.07) is 9.77. The van der Waals surface area contributed by atoms with Gasteiger partial charge in [0.15, 0.2) is 0 Å². The van der Waals surface area contributed by atoms with Crippen LogP contribution in [0.1, 0.15) is 22.4 Å². The molecule has 1 saturated heterocycles. The lowest BCUT2D eigenvalue weighted by Crippen LogP contribution is -2.38. The second-order valence-electron chi connectivity index (χ2n) is 6.05. The third-order valence-electron chi connectivity index (χ3n) is 4.16. The van der Waals surface area contributed by atoms with Crippen molar-refractivity contribution in [2.75, 3.05) is 19.7 Å². The minimum atomic E-state index is -0.124. The van der Waals surface area contributed by atoms with E-state index in [-0.39, 0.29) is 11.7 Å². The summed E-state index contributed by atoms with van der Waals surface area (Å²) in [5.74, 6) is 0. The number of aromatic nitrogens is 3. The summed E-state index contributed by atoms with van der Waals surface area (Å²) in [6.07, 6.45) is 0.0294. The predicted octanol–water partition coefficient (Wildman–Crippen LogP) is 2.80. The zero-order chi connectivity index (χ0) is 17.4. The molecule has 1 aliphatic rings. The van der Waals surface area contributed by atoms with E-state index in [2.05, 4.69) is 43.0 Å². The Kier molecular flexibility index (Phi) is 4.68. The number of rotatable bonds is 3. The minimum absolute atomic E-state index is 0.0294. The smallest absolute Gasteiger partial charge is 0.275 e. The van der Waals surface area contributed by atoms with E-state index in [4.69, 9.17) is 4.74 Å². The molecule has 2 aromatic heterocycles. The van der Waals surface area contributed by atoms with Crippen LogP contribution in [-0.4, -0.2) is 39.2 Å². The number of fused-ring (bicyclic) bond motifs is 1. The second kappa shape index (κ2) is 6.95. The van der Waals surface area contributed by atoms with Crippen molar-refractivity contribution in [2.24, 2.45) is 0 Å². The topological polar surface area (TPSA) is 59.7 Å². The summed E-state index contributed by atoms with van der Waals surface area (Å²) in [5.41, 5.74) is 1.81. The van der Waals surface area contributed by atoms with Gasteiger partial charge in [-0.05, 0) is 24.6 Å². The van der Waals surface area contributed by atoms with Gasteiger partial charge in [0, 0.05) is 30.2 Å². The molecule has 3 heterocycles. The zero-order valence-corrected chi connectivity index (χ0v) is 16.1. The molecule has 3 aromatic rings. The Morgan fingerprint density at radius 3 is 3.12 bits per heavy atom. The fraction of sp³-hybridized carbons (Fsp3) is 0.353. The van der Waals surface area contributed by atoms with Gasteiger partial charge in [0.2, 0.25) is 4.96 Å². The van der Waals surface area contributed by atoms with Crippen LogP contribution in [0.5, 0.6) is 0 Å². The van der Waals surface area contributed by atoms with Gasteiger partial charge in [0.1, 0.15) is 5.01 Å². The van der Waals surface area contributed by atoms with Crippen LogP contribution in [0.25, 0.3) is 4.96 Å². The summed E-state index contributed by atoms with van der Waals surface area (Å²) in [4.78, 5) is 19.7. The first kappa shape index (κ1) is 16.8. The lowest BCUT2D eigenvalue weighted by molar-refractivity contribution is -0.0333. The number of nitrogens with zero attached hydrogens (tertiary/aromatic N) is 4. The number of halogens is 1. The highest BCUT2D eigenvalue weighted by Crippen LogP contribution is 2.25. The van der Waals surface area contributed by atoms with Crippen molar-refractivity contribution in [1.82, 2.24) is 19.5 Å². The number of hydrogen-bond acceptors (Lipinski definition) is 6. The average molecular weight is 421 g/mol. The molecule has 1 fully saturated rings. The van der Waals surface area contributed by atoms with Gasteiger partial charge in [-0.2, -0.15) is 9.61 Å². The molecular formula is C17H17BrN4O2S. The van der Waals surface area contributed by atoms with Crippen molar-refractivity contribution in [2.45, 2.75) is 19.6 Å². The highest BCUT2D eigenvalue weighted by atomic mass is 79.9. The Bertz CT molecular complexity index is 971. The fourth-order valence-corrected chi connectivity index (χ4v) is 4.20. The van der Waals surface area contributed by atoms with Crippen LogP contribution in [0, 0.1) is 6.92 Å². The summed E-state index contributed by atoms with van der Waals surface area (Å²) >= 11 is 4.94. The SMILES string of the molecule is Cc1nn2c(=O)cc(CN3CCOC(c4cccc(Br)c4)C3)nc2s1. The van der Waals surface area contributed by atoms with Crippen molar-refractivity contribution in [1.29, 1.82) is 0 Å². The second-order valence-corrected chi connectivity index (χ2v) is 8.13. The molecule has 1 atom stereocenters. The number of morpholine rings is 1. The molecule has 0 saturated carbocycles. The van der Waals surface area contributed by atoms with Gasteiger partial charge in [-0.15, -0.1) is 0 Å².